The van der Waals surface area contributed by atoms with E-state index < -0.39 is 0 Å². The Balaban J connectivity index is 2.08. The Morgan fingerprint density at radius 1 is 1.24 bits per heavy atom. The molecule has 21 heavy (non-hydrogen) atoms. The van der Waals surface area contributed by atoms with Gasteiger partial charge in [0, 0.05) is 18.0 Å². The Hall–Kier alpha value is -2.12. The van der Waals surface area contributed by atoms with Crippen LogP contribution in [0.2, 0.25) is 0 Å². The van der Waals surface area contributed by atoms with Crippen molar-refractivity contribution >= 4 is 0 Å². The molecule has 0 aliphatic heterocycles. The third-order valence-corrected chi connectivity index (χ3v) is 3.65. The summed E-state index contributed by atoms with van der Waals surface area (Å²) >= 11 is 0. The van der Waals surface area contributed by atoms with E-state index in [4.69, 9.17) is 11.0 Å². The standard InChI is InChI=1S/C17H22N4/c1-2-3-4-5-6-16(19)21-12-11-20-17(21)15-9-7-14(13-18)8-10-15/h7-12,16H,2-6,19H2,1H3. The summed E-state index contributed by atoms with van der Waals surface area (Å²) in [5.41, 5.74) is 7.93. The molecule has 0 aliphatic carbocycles. The third-order valence-electron chi connectivity index (χ3n) is 3.65. The van der Waals surface area contributed by atoms with Gasteiger partial charge in [-0.15, -0.1) is 0 Å². The van der Waals surface area contributed by atoms with E-state index in [0.717, 1.165) is 24.2 Å². The van der Waals surface area contributed by atoms with Crippen molar-refractivity contribution < 1.29 is 0 Å². The Labute approximate surface area is 126 Å². The van der Waals surface area contributed by atoms with Gasteiger partial charge < -0.3 is 10.3 Å². The fourth-order valence-electron chi connectivity index (χ4n) is 2.42. The lowest BCUT2D eigenvalue weighted by atomic mass is 10.1. The molecule has 0 spiro atoms. The zero-order valence-electron chi connectivity index (χ0n) is 12.5. The highest BCUT2D eigenvalue weighted by molar-refractivity contribution is 5.57. The van der Waals surface area contributed by atoms with Crippen molar-refractivity contribution in [3.63, 3.8) is 0 Å². The van der Waals surface area contributed by atoms with Gasteiger partial charge in [-0.25, -0.2) is 4.98 Å². The topological polar surface area (TPSA) is 67.6 Å². The summed E-state index contributed by atoms with van der Waals surface area (Å²) in [5, 5.41) is 8.85. The number of unbranched alkanes of at least 4 members (excludes halogenated alkanes) is 3. The van der Waals surface area contributed by atoms with Crippen LogP contribution >= 0.6 is 0 Å². The lowest BCUT2D eigenvalue weighted by Gasteiger charge is -2.16. The minimum absolute atomic E-state index is 0.0463. The van der Waals surface area contributed by atoms with Crippen molar-refractivity contribution in [2.75, 3.05) is 0 Å². The highest BCUT2D eigenvalue weighted by atomic mass is 15.1. The van der Waals surface area contributed by atoms with E-state index in [-0.39, 0.29) is 6.17 Å². The molecule has 2 N–H and O–H groups in total. The molecule has 1 atom stereocenters. The molecule has 4 heteroatoms. The number of hydrogen-bond donors (Lipinski definition) is 1. The van der Waals surface area contributed by atoms with E-state index in [1.54, 1.807) is 18.3 Å². The van der Waals surface area contributed by atoms with Gasteiger partial charge in [-0.3, -0.25) is 0 Å². The number of rotatable bonds is 7. The molecule has 110 valence electrons. The maximum absolute atomic E-state index is 8.85. The maximum Gasteiger partial charge on any atom is 0.141 e. The predicted octanol–water partition coefficient (Wildman–Crippen LogP) is 3.85. The SMILES string of the molecule is CCCCCCC(N)n1ccnc1-c1ccc(C#N)cc1. The molecule has 1 unspecified atom stereocenters. The molecule has 4 nitrogen and oxygen atoms in total. The Kier molecular flexibility index (Phi) is 5.53. The van der Waals surface area contributed by atoms with E-state index in [0.29, 0.717) is 5.56 Å². The van der Waals surface area contributed by atoms with Crippen LogP contribution in [-0.4, -0.2) is 9.55 Å². The largest absolute Gasteiger partial charge is 0.315 e. The molecule has 1 aromatic heterocycles. The van der Waals surface area contributed by atoms with Crippen molar-refractivity contribution in [3.05, 3.63) is 42.2 Å². The van der Waals surface area contributed by atoms with Gasteiger partial charge in [-0.05, 0) is 30.7 Å². The minimum atomic E-state index is -0.0463. The predicted molar refractivity (Wildman–Crippen MR) is 84.4 cm³/mol. The fourth-order valence-corrected chi connectivity index (χ4v) is 2.42. The van der Waals surface area contributed by atoms with Crippen LogP contribution in [-0.2, 0) is 0 Å². The van der Waals surface area contributed by atoms with Crippen LogP contribution < -0.4 is 5.73 Å². The summed E-state index contributed by atoms with van der Waals surface area (Å²) in [7, 11) is 0. The summed E-state index contributed by atoms with van der Waals surface area (Å²) in [6.45, 7) is 2.21. The molecule has 1 heterocycles. The van der Waals surface area contributed by atoms with Gasteiger partial charge in [0.2, 0.25) is 0 Å². The average Bonchev–Trinajstić information content (AvgIpc) is 3.01. The lowest BCUT2D eigenvalue weighted by molar-refractivity contribution is 0.457. The maximum atomic E-state index is 8.85. The van der Waals surface area contributed by atoms with E-state index in [1.165, 1.54) is 19.3 Å². The molecular formula is C17H22N4. The summed E-state index contributed by atoms with van der Waals surface area (Å²) in [5.74, 6) is 0.863. The number of aromatic nitrogens is 2. The molecule has 1 aromatic carbocycles. The Morgan fingerprint density at radius 2 is 2.00 bits per heavy atom. The summed E-state index contributed by atoms with van der Waals surface area (Å²) in [6, 6.07) is 9.57. The first-order valence-electron chi connectivity index (χ1n) is 7.55. The van der Waals surface area contributed by atoms with Crippen molar-refractivity contribution in [2.24, 2.45) is 5.73 Å². The van der Waals surface area contributed by atoms with Crippen LogP contribution in [0.4, 0.5) is 0 Å². The Morgan fingerprint density at radius 3 is 2.67 bits per heavy atom. The fraction of sp³-hybridized carbons (Fsp3) is 0.412. The monoisotopic (exact) mass is 282 g/mol. The highest BCUT2D eigenvalue weighted by Crippen LogP contribution is 2.22. The first-order valence-corrected chi connectivity index (χ1v) is 7.55. The van der Waals surface area contributed by atoms with Crippen LogP contribution in [0.3, 0.4) is 0 Å². The third kappa shape index (κ3) is 3.93. The summed E-state index contributed by atoms with van der Waals surface area (Å²) in [4.78, 5) is 4.41. The number of nitriles is 1. The summed E-state index contributed by atoms with van der Waals surface area (Å²) in [6.07, 6.45) is 9.48. The normalized spacial score (nSPS) is 12.0. The summed E-state index contributed by atoms with van der Waals surface area (Å²) < 4.78 is 2.02. The van der Waals surface area contributed by atoms with Crippen LogP contribution in [0.5, 0.6) is 0 Å². The second kappa shape index (κ2) is 7.61. The zero-order chi connectivity index (χ0) is 15.1. The molecule has 0 saturated carbocycles. The van der Waals surface area contributed by atoms with E-state index >= 15 is 0 Å². The van der Waals surface area contributed by atoms with Crippen molar-refractivity contribution in [1.82, 2.24) is 9.55 Å². The van der Waals surface area contributed by atoms with Gasteiger partial charge >= 0.3 is 0 Å². The van der Waals surface area contributed by atoms with Gasteiger partial charge in [0.25, 0.3) is 0 Å². The van der Waals surface area contributed by atoms with E-state index in [2.05, 4.69) is 18.0 Å². The number of nitrogens with zero attached hydrogens (tertiary/aromatic N) is 3. The minimum Gasteiger partial charge on any atom is -0.315 e. The number of nitrogens with two attached hydrogens (primary N) is 1. The molecule has 0 amide bonds. The zero-order valence-corrected chi connectivity index (χ0v) is 12.5. The average molecular weight is 282 g/mol. The first kappa shape index (κ1) is 15.3. The quantitative estimate of drug-likeness (QED) is 0.784. The highest BCUT2D eigenvalue weighted by Gasteiger charge is 2.11. The molecule has 0 saturated heterocycles. The number of hydrogen-bond acceptors (Lipinski definition) is 3. The van der Waals surface area contributed by atoms with Crippen LogP contribution in [0, 0.1) is 11.3 Å². The Bertz CT molecular complexity index is 592. The van der Waals surface area contributed by atoms with Crippen LogP contribution in [0.25, 0.3) is 11.4 Å². The van der Waals surface area contributed by atoms with E-state index in [1.807, 2.05) is 22.9 Å². The first-order chi connectivity index (χ1) is 10.3. The molecule has 0 fully saturated rings. The van der Waals surface area contributed by atoms with Gasteiger partial charge in [-0.1, -0.05) is 32.6 Å². The molecule has 0 aliphatic rings. The number of benzene rings is 1. The van der Waals surface area contributed by atoms with Crippen molar-refractivity contribution in [1.29, 1.82) is 5.26 Å². The molecule has 0 bridgehead atoms. The van der Waals surface area contributed by atoms with Crippen molar-refractivity contribution in [2.45, 2.75) is 45.2 Å². The number of imidazole rings is 1. The molecular weight excluding hydrogens is 260 g/mol. The van der Waals surface area contributed by atoms with Crippen molar-refractivity contribution in [3.8, 4) is 17.5 Å². The van der Waals surface area contributed by atoms with Gasteiger partial charge in [0.05, 0.1) is 17.8 Å². The van der Waals surface area contributed by atoms with Gasteiger partial charge in [0.1, 0.15) is 5.82 Å². The molecule has 2 rings (SSSR count). The van der Waals surface area contributed by atoms with Gasteiger partial charge in [-0.2, -0.15) is 5.26 Å². The second-order valence-corrected chi connectivity index (χ2v) is 5.26. The lowest BCUT2D eigenvalue weighted by Crippen LogP contribution is -2.18. The van der Waals surface area contributed by atoms with E-state index in [9.17, 15) is 0 Å². The van der Waals surface area contributed by atoms with Gasteiger partial charge in [0.15, 0.2) is 0 Å². The van der Waals surface area contributed by atoms with Crippen LogP contribution in [0.15, 0.2) is 36.7 Å². The van der Waals surface area contributed by atoms with Crippen LogP contribution in [0.1, 0.15) is 50.8 Å². The molecule has 2 aromatic rings. The smallest absolute Gasteiger partial charge is 0.141 e. The second-order valence-electron chi connectivity index (χ2n) is 5.26. The molecule has 0 radical (unpaired) electrons.